The quantitative estimate of drug-likeness (QED) is 0.299. The van der Waals surface area contributed by atoms with Crippen molar-refractivity contribution in [3.8, 4) is 5.69 Å². The van der Waals surface area contributed by atoms with Crippen LogP contribution in [0.25, 0.3) is 16.6 Å². The molecular weight excluding hydrogens is 465 g/mol. The molecule has 4 aromatic rings. The third-order valence-electron chi connectivity index (χ3n) is 6.06. The van der Waals surface area contributed by atoms with Gasteiger partial charge in [-0.1, -0.05) is 61.0 Å². The number of para-hydroxylation sites is 1. The van der Waals surface area contributed by atoms with E-state index in [9.17, 15) is 14.0 Å². The van der Waals surface area contributed by atoms with E-state index in [4.69, 9.17) is 16.6 Å². The van der Waals surface area contributed by atoms with Crippen LogP contribution < -0.4 is 5.56 Å². The maximum absolute atomic E-state index is 13.9. The minimum atomic E-state index is -0.574. The van der Waals surface area contributed by atoms with Gasteiger partial charge in [0.05, 0.1) is 27.7 Å². The summed E-state index contributed by atoms with van der Waals surface area (Å²) < 4.78 is 15.3. The fourth-order valence-electron chi connectivity index (χ4n) is 4.26. The molecule has 5 nitrogen and oxygen atoms in total. The number of hydrogen-bond acceptors (Lipinski definition) is 3. The van der Waals surface area contributed by atoms with Crippen molar-refractivity contribution >= 4 is 28.4 Å². The van der Waals surface area contributed by atoms with Crippen molar-refractivity contribution in [1.82, 2.24) is 14.5 Å². The second-order valence-corrected chi connectivity index (χ2v) is 8.88. The van der Waals surface area contributed by atoms with Gasteiger partial charge in [0.25, 0.3) is 5.56 Å². The third-order valence-corrected chi connectivity index (χ3v) is 6.35. The van der Waals surface area contributed by atoms with Gasteiger partial charge in [0, 0.05) is 13.0 Å². The minimum absolute atomic E-state index is 0.0192. The minimum Gasteiger partial charge on any atom is -0.333 e. The van der Waals surface area contributed by atoms with Crippen molar-refractivity contribution in [2.45, 2.75) is 39.2 Å². The molecule has 0 aliphatic heterocycles. The van der Waals surface area contributed by atoms with Gasteiger partial charge >= 0.3 is 0 Å². The van der Waals surface area contributed by atoms with Crippen LogP contribution >= 0.6 is 11.6 Å². The molecule has 35 heavy (non-hydrogen) atoms. The molecule has 0 bridgehead atoms. The van der Waals surface area contributed by atoms with Crippen LogP contribution in [-0.4, -0.2) is 26.9 Å². The van der Waals surface area contributed by atoms with Gasteiger partial charge in [0.15, 0.2) is 0 Å². The maximum atomic E-state index is 13.9. The first-order valence-corrected chi connectivity index (χ1v) is 12.1. The van der Waals surface area contributed by atoms with Crippen LogP contribution in [0.3, 0.4) is 0 Å². The molecule has 0 saturated heterocycles. The Bertz CT molecular complexity index is 1400. The van der Waals surface area contributed by atoms with Crippen molar-refractivity contribution in [3.63, 3.8) is 0 Å². The number of amides is 1. The molecule has 0 aliphatic rings. The lowest BCUT2D eigenvalue weighted by molar-refractivity contribution is -0.133. The number of aryl methyl sites for hydroxylation is 1. The van der Waals surface area contributed by atoms with Crippen LogP contribution in [0.2, 0.25) is 5.02 Å². The highest BCUT2D eigenvalue weighted by molar-refractivity contribution is 6.30. The zero-order valence-corrected chi connectivity index (χ0v) is 20.5. The fraction of sp³-hybridized carbons (Fsp3) is 0.250. The predicted octanol–water partition coefficient (Wildman–Crippen LogP) is 6.11. The second kappa shape index (κ2) is 10.8. The summed E-state index contributed by atoms with van der Waals surface area (Å²) in [4.78, 5) is 33.5. The molecular formula is C28H27ClFN3O2. The number of aromatic nitrogens is 2. The fourth-order valence-corrected chi connectivity index (χ4v) is 4.43. The highest BCUT2D eigenvalue weighted by Crippen LogP contribution is 2.26. The summed E-state index contributed by atoms with van der Waals surface area (Å²) >= 11 is 6.05. The van der Waals surface area contributed by atoms with E-state index in [0.29, 0.717) is 41.8 Å². The lowest BCUT2D eigenvalue weighted by Crippen LogP contribution is -2.38. The van der Waals surface area contributed by atoms with Crippen molar-refractivity contribution < 1.29 is 9.18 Å². The van der Waals surface area contributed by atoms with Crippen LogP contribution in [0.15, 0.2) is 77.6 Å². The number of carbonyl (C=O) groups excluding carboxylic acids is 1. The smallest absolute Gasteiger partial charge is 0.266 e. The number of halogens is 2. The molecule has 0 aliphatic carbocycles. The lowest BCUT2D eigenvalue weighted by Gasteiger charge is -2.30. The van der Waals surface area contributed by atoms with Crippen LogP contribution in [0, 0.1) is 5.82 Å². The highest BCUT2D eigenvalue weighted by Gasteiger charge is 2.26. The van der Waals surface area contributed by atoms with Crippen LogP contribution in [-0.2, 0) is 11.2 Å². The second-order valence-electron chi connectivity index (χ2n) is 8.47. The molecule has 180 valence electrons. The molecule has 7 heteroatoms. The number of nitrogens with zero attached hydrogens (tertiary/aromatic N) is 3. The first-order valence-electron chi connectivity index (χ1n) is 11.7. The van der Waals surface area contributed by atoms with Crippen LogP contribution in [0.5, 0.6) is 0 Å². The van der Waals surface area contributed by atoms with E-state index in [1.54, 1.807) is 23.1 Å². The first kappa shape index (κ1) is 24.6. The average Bonchev–Trinajstić information content (AvgIpc) is 2.88. The Hall–Kier alpha value is -3.51. The summed E-state index contributed by atoms with van der Waals surface area (Å²) in [5.41, 5.74) is 1.73. The Kier molecular flexibility index (Phi) is 7.61. The molecule has 0 spiro atoms. The van der Waals surface area contributed by atoms with E-state index in [0.717, 1.165) is 12.0 Å². The van der Waals surface area contributed by atoms with E-state index >= 15 is 0 Å². The van der Waals surface area contributed by atoms with Gasteiger partial charge in [0.1, 0.15) is 11.6 Å². The van der Waals surface area contributed by atoms with Crippen molar-refractivity contribution in [3.05, 3.63) is 105 Å². The topological polar surface area (TPSA) is 55.2 Å². The van der Waals surface area contributed by atoms with Gasteiger partial charge in [-0.3, -0.25) is 14.2 Å². The van der Waals surface area contributed by atoms with Gasteiger partial charge in [-0.2, -0.15) is 0 Å². The number of carbonyl (C=O) groups is 1. The first-order chi connectivity index (χ1) is 16.9. The Morgan fingerprint density at radius 3 is 2.51 bits per heavy atom. The summed E-state index contributed by atoms with van der Waals surface area (Å²) in [6.07, 6.45) is 1.72. The Morgan fingerprint density at radius 2 is 1.80 bits per heavy atom. The summed E-state index contributed by atoms with van der Waals surface area (Å²) in [6, 6.07) is 20.6. The normalized spacial score (nSPS) is 12.0. The molecule has 1 heterocycles. The Morgan fingerprint density at radius 1 is 1.09 bits per heavy atom. The molecule has 1 amide bonds. The molecule has 0 saturated carbocycles. The zero-order valence-electron chi connectivity index (χ0n) is 19.7. The molecule has 1 atom stereocenters. The molecule has 4 rings (SSSR count). The van der Waals surface area contributed by atoms with E-state index < -0.39 is 11.9 Å². The zero-order chi connectivity index (χ0) is 24.9. The van der Waals surface area contributed by atoms with Gasteiger partial charge in [0.2, 0.25) is 5.91 Å². The van der Waals surface area contributed by atoms with E-state index in [1.165, 1.54) is 22.8 Å². The van der Waals surface area contributed by atoms with Crippen LogP contribution in [0.4, 0.5) is 4.39 Å². The van der Waals surface area contributed by atoms with Crippen LogP contribution in [0.1, 0.15) is 44.1 Å². The molecule has 3 aromatic carbocycles. The van der Waals surface area contributed by atoms with Gasteiger partial charge in [-0.15, -0.1) is 0 Å². The van der Waals surface area contributed by atoms with Gasteiger partial charge in [-0.25, -0.2) is 9.37 Å². The molecule has 1 unspecified atom stereocenters. The van der Waals surface area contributed by atoms with E-state index in [-0.39, 0.29) is 16.5 Å². The largest absolute Gasteiger partial charge is 0.333 e. The number of rotatable bonds is 8. The van der Waals surface area contributed by atoms with Crippen molar-refractivity contribution in [1.29, 1.82) is 0 Å². The summed E-state index contributed by atoms with van der Waals surface area (Å²) in [7, 11) is 0. The van der Waals surface area contributed by atoms with Crippen molar-refractivity contribution in [2.75, 3.05) is 6.54 Å². The molecule has 0 fully saturated rings. The van der Waals surface area contributed by atoms with Gasteiger partial charge in [-0.05, 0) is 55.7 Å². The number of fused-ring (bicyclic) bond motifs is 1. The van der Waals surface area contributed by atoms with E-state index in [1.807, 2.05) is 50.2 Å². The number of benzene rings is 3. The summed E-state index contributed by atoms with van der Waals surface area (Å²) in [5, 5.41) is 0.340. The lowest BCUT2D eigenvalue weighted by atomic mass is 10.1. The Labute approximate surface area is 208 Å². The standard InChI is InChI=1S/C28H27ClFN3O2/c1-3-17-32(26(34)16-13-20-9-5-4-6-10-20)19(2)27-31-25-12-8-7-11-22(25)28(35)33(27)21-14-15-24(30)23(29)18-21/h4-12,14-15,18-19H,3,13,16-17H2,1-2H3. The Balaban J connectivity index is 1.78. The molecule has 0 N–H and O–H groups in total. The van der Waals surface area contributed by atoms with Crippen molar-refractivity contribution in [2.24, 2.45) is 0 Å². The average molecular weight is 492 g/mol. The molecule has 1 aromatic heterocycles. The number of hydrogen-bond donors (Lipinski definition) is 0. The molecule has 0 radical (unpaired) electrons. The van der Waals surface area contributed by atoms with Gasteiger partial charge < -0.3 is 4.90 Å². The maximum Gasteiger partial charge on any atom is 0.266 e. The highest BCUT2D eigenvalue weighted by atomic mass is 35.5. The third kappa shape index (κ3) is 5.28. The predicted molar refractivity (Wildman–Crippen MR) is 137 cm³/mol. The monoisotopic (exact) mass is 491 g/mol. The summed E-state index contributed by atoms with van der Waals surface area (Å²) in [6.45, 7) is 4.39. The SMILES string of the molecule is CCCN(C(=O)CCc1ccccc1)C(C)c1nc2ccccc2c(=O)n1-c1ccc(F)c(Cl)c1. The summed E-state index contributed by atoms with van der Waals surface area (Å²) in [5.74, 6) is -0.192. The van der Waals surface area contributed by atoms with E-state index in [2.05, 4.69) is 0 Å².